The second-order valence-corrected chi connectivity index (χ2v) is 5.90. The van der Waals surface area contributed by atoms with E-state index in [2.05, 4.69) is 17.6 Å². The molecule has 1 aromatic carbocycles. The van der Waals surface area contributed by atoms with Crippen LogP contribution in [0, 0.1) is 6.92 Å². The molecule has 2 N–H and O–H groups in total. The van der Waals surface area contributed by atoms with E-state index in [1.54, 1.807) is 0 Å². The molecule has 106 valence electrons. The van der Waals surface area contributed by atoms with Crippen LogP contribution in [0.2, 0.25) is 10.0 Å². The smallest absolute Gasteiger partial charge is 0.0641 e. The highest BCUT2D eigenvalue weighted by molar-refractivity contribution is 6.35. The number of morpholine rings is 1. The molecule has 5 heteroatoms. The zero-order chi connectivity index (χ0) is 13.8. The molecule has 0 aromatic heterocycles. The number of halogens is 2. The van der Waals surface area contributed by atoms with E-state index in [4.69, 9.17) is 27.9 Å². The summed E-state index contributed by atoms with van der Waals surface area (Å²) in [5.74, 6) is 0. The predicted octanol–water partition coefficient (Wildman–Crippen LogP) is 3.48. The van der Waals surface area contributed by atoms with Crippen LogP contribution in [-0.4, -0.2) is 31.8 Å². The van der Waals surface area contributed by atoms with Crippen LogP contribution in [-0.2, 0) is 4.74 Å². The number of hydrogen-bond donors (Lipinski definition) is 2. The summed E-state index contributed by atoms with van der Waals surface area (Å²) in [7, 11) is 0. The van der Waals surface area contributed by atoms with Crippen molar-refractivity contribution in [2.45, 2.75) is 32.4 Å². The molecule has 1 heterocycles. The molecule has 2 atom stereocenters. The lowest BCUT2D eigenvalue weighted by Gasteiger charge is -2.27. The fourth-order valence-corrected chi connectivity index (χ4v) is 2.72. The van der Waals surface area contributed by atoms with Crippen molar-refractivity contribution in [1.82, 2.24) is 5.32 Å². The van der Waals surface area contributed by atoms with Gasteiger partial charge in [-0.2, -0.15) is 0 Å². The first-order chi connectivity index (χ1) is 9.06. The van der Waals surface area contributed by atoms with Crippen molar-refractivity contribution in [1.29, 1.82) is 0 Å². The summed E-state index contributed by atoms with van der Waals surface area (Å²) < 4.78 is 5.45. The van der Waals surface area contributed by atoms with Gasteiger partial charge in [0.1, 0.15) is 0 Å². The lowest BCUT2D eigenvalue weighted by Crippen LogP contribution is -2.43. The molecule has 0 radical (unpaired) electrons. The third-order valence-electron chi connectivity index (χ3n) is 3.29. The number of hydrogen-bond acceptors (Lipinski definition) is 3. The fraction of sp³-hybridized carbons (Fsp3) is 0.571. The third kappa shape index (κ3) is 4.25. The molecule has 3 nitrogen and oxygen atoms in total. The van der Waals surface area contributed by atoms with Crippen molar-refractivity contribution in [3.05, 3.63) is 27.7 Å². The lowest BCUT2D eigenvalue weighted by atomic mass is 10.1. The second kappa shape index (κ2) is 6.80. The first kappa shape index (κ1) is 14.9. The molecule has 0 bridgehead atoms. The molecular formula is C14H20Cl2N2O. The van der Waals surface area contributed by atoms with Crippen molar-refractivity contribution in [2.75, 3.05) is 25.1 Å². The van der Waals surface area contributed by atoms with Crippen LogP contribution in [0.25, 0.3) is 0 Å². The van der Waals surface area contributed by atoms with E-state index in [-0.39, 0.29) is 0 Å². The zero-order valence-corrected chi connectivity index (χ0v) is 12.8. The monoisotopic (exact) mass is 302 g/mol. The topological polar surface area (TPSA) is 33.3 Å². The minimum Gasteiger partial charge on any atom is -0.381 e. The van der Waals surface area contributed by atoms with Gasteiger partial charge in [0.2, 0.25) is 0 Å². The van der Waals surface area contributed by atoms with Gasteiger partial charge in [-0.3, -0.25) is 0 Å². The number of aryl methyl sites for hydroxylation is 1. The minimum atomic E-state index is 0.301. The molecule has 0 amide bonds. The highest BCUT2D eigenvalue weighted by Crippen LogP contribution is 2.29. The summed E-state index contributed by atoms with van der Waals surface area (Å²) in [6.45, 7) is 6.59. The number of nitrogens with one attached hydrogen (secondary N) is 2. The summed E-state index contributed by atoms with van der Waals surface area (Å²) in [4.78, 5) is 0. The van der Waals surface area contributed by atoms with E-state index in [9.17, 15) is 0 Å². The Bertz CT molecular complexity index is 434. The van der Waals surface area contributed by atoms with Crippen LogP contribution in [0.1, 0.15) is 18.9 Å². The Hall–Kier alpha value is -0.480. The van der Waals surface area contributed by atoms with E-state index >= 15 is 0 Å². The van der Waals surface area contributed by atoms with Gasteiger partial charge in [-0.1, -0.05) is 23.2 Å². The lowest BCUT2D eigenvalue weighted by molar-refractivity contribution is 0.0731. The maximum Gasteiger partial charge on any atom is 0.0641 e. The van der Waals surface area contributed by atoms with Crippen LogP contribution in [0.15, 0.2) is 12.1 Å². The molecule has 1 aliphatic rings. The van der Waals surface area contributed by atoms with Gasteiger partial charge in [0.15, 0.2) is 0 Å². The van der Waals surface area contributed by atoms with Crippen LogP contribution < -0.4 is 10.6 Å². The first-order valence-electron chi connectivity index (χ1n) is 6.59. The van der Waals surface area contributed by atoms with E-state index in [0.717, 1.165) is 42.5 Å². The Morgan fingerprint density at radius 2 is 2.21 bits per heavy atom. The Kier molecular flexibility index (Phi) is 5.34. The van der Waals surface area contributed by atoms with Gasteiger partial charge < -0.3 is 15.4 Å². The zero-order valence-electron chi connectivity index (χ0n) is 11.3. The van der Waals surface area contributed by atoms with Crippen molar-refractivity contribution in [3.8, 4) is 0 Å². The second-order valence-electron chi connectivity index (χ2n) is 5.09. The van der Waals surface area contributed by atoms with Crippen LogP contribution >= 0.6 is 23.2 Å². The first-order valence-corrected chi connectivity index (χ1v) is 7.35. The number of rotatable bonds is 4. The molecule has 1 saturated heterocycles. The van der Waals surface area contributed by atoms with Gasteiger partial charge in [-0.15, -0.1) is 0 Å². The molecule has 1 aromatic rings. The normalized spacial score (nSPS) is 21.2. The molecule has 0 spiro atoms. The summed E-state index contributed by atoms with van der Waals surface area (Å²) in [5.41, 5.74) is 1.88. The summed E-state index contributed by atoms with van der Waals surface area (Å²) >= 11 is 12.4. The van der Waals surface area contributed by atoms with Crippen LogP contribution in [0.5, 0.6) is 0 Å². The van der Waals surface area contributed by atoms with Crippen molar-refractivity contribution >= 4 is 28.9 Å². The van der Waals surface area contributed by atoms with Crippen molar-refractivity contribution < 1.29 is 4.74 Å². The van der Waals surface area contributed by atoms with Gasteiger partial charge in [0, 0.05) is 23.7 Å². The average Bonchev–Trinajstić information content (AvgIpc) is 2.37. The summed E-state index contributed by atoms with van der Waals surface area (Å²) in [5, 5.41) is 8.30. The Balaban J connectivity index is 1.94. The van der Waals surface area contributed by atoms with E-state index in [1.165, 1.54) is 0 Å². The molecule has 2 rings (SSSR count). The maximum absolute atomic E-state index is 6.23. The van der Waals surface area contributed by atoms with Gasteiger partial charge in [0.25, 0.3) is 0 Å². The van der Waals surface area contributed by atoms with Crippen molar-refractivity contribution in [3.63, 3.8) is 0 Å². The number of benzene rings is 1. The molecule has 2 unspecified atom stereocenters. The Morgan fingerprint density at radius 1 is 1.42 bits per heavy atom. The number of ether oxygens (including phenoxy) is 1. The van der Waals surface area contributed by atoms with Crippen LogP contribution in [0.4, 0.5) is 5.69 Å². The van der Waals surface area contributed by atoms with Gasteiger partial charge >= 0.3 is 0 Å². The quantitative estimate of drug-likeness (QED) is 0.893. The summed E-state index contributed by atoms with van der Waals surface area (Å²) in [6.07, 6.45) is 0.988. The molecule has 1 aliphatic heterocycles. The van der Waals surface area contributed by atoms with E-state index in [0.29, 0.717) is 17.1 Å². The fourth-order valence-electron chi connectivity index (χ4n) is 2.28. The molecule has 19 heavy (non-hydrogen) atoms. The molecule has 1 fully saturated rings. The average molecular weight is 303 g/mol. The highest BCUT2D eigenvalue weighted by Gasteiger charge is 2.17. The third-order valence-corrected chi connectivity index (χ3v) is 4.01. The summed E-state index contributed by atoms with van der Waals surface area (Å²) in [6, 6.07) is 4.48. The highest BCUT2D eigenvalue weighted by atomic mass is 35.5. The van der Waals surface area contributed by atoms with Gasteiger partial charge in [-0.05, 0) is 38.0 Å². The predicted molar refractivity (Wildman–Crippen MR) is 81.5 cm³/mol. The molecule has 0 aliphatic carbocycles. The largest absolute Gasteiger partial charge is 0.381 e. The number of anilines is 1. The van der Waals surface area contributed by atoms with Crippen LogP contribution in [0.3, 0.4) is 0 Å². The Labute approximate surface area is 124 Å². The maximum atomic E-state index is 6.23. The van der Waals surface area contributed by atoms with Gasteiger partial charge in [0.05, 0.1) is 23.9 Å². The Morgan fingerprint density at radius 3 is 2.89 bits per heavy atom. The SMILES string of the molecule is Cc1cc(Cl)c(NC(C)CC2COCCN2)cc1Cl. The molecular weight excluding hydrogens is 283 g/mol. The molecule has 0 saturated carbocycles. The van der Waals surface area contributed by atoms with Crippen molar-refractivity contribution in [2.24, 2.45) is 0 Å². The minimum absolute atomic E-state index is 0.301. The standard InChI is InChI=1S/C14H20Cl2N2O/c1-9-5-13(16)14(7-12(9)15)18-10(2)6-11-8-19-4-3-17-11/h5,7,10-11,17-18H,3-4,6,8H2,1-2H3. The van der Waals surface area contributed by atoms with E-state index < -0.39 is 0 Å². The van der Waals surface area contributed by atoms with E-state index in [1.807, 2.05) is 19.1 Å². The van der Waals surface area contributed by atoms with Gasteiger partial charge in [-0.25, -0.2) is 0 Å².